The fourth-order valence-electron chi connectivity index (χ4n) is 2.85. The van der Waals surface area contributed by atoms with Gasteiger partial charge < -0.3 is 15.2 Å². The number of benzene rings is 1. The number of aliphatic hydroxyl groups is 1. The molecule has 0 spiro atoms. The Hall–Kier alpha value is -2.07. The van der Waals surface area contributed by atoms with E-state index in [4.69, 9.17) is 4.74 Å². The van der Waals surface area contributed by atoms with Crippen LogP contribution >= 0.6 is 0 Å². The van der Waals surface area contributed by atoms with Crippen LogP contribution in [0.15, 0.2) is 42.7 Å². The summed E-state index contributed by atoms with van der Waals surface area (Å²) in [7, 11) is 0. The summed E-state index contributed by atoms with van der Waals surface area (Å²) in [6.07, 6.45) is 8.68. The minimum atomic E-state index is 0.00961. The number of hydrogen-bond acceptors (Lipinski definition) is 4. The zero-order valence-electron chi connectivity index (χ0n) is 12.7. The number of hydrogen-bond donors (Lipinski definition) is 2. The molecule has 3 rings (SSSR count). The lowest BCUT2D eigenvalue weighted by Gasteiger charge is -2.14. The lowest BCUT2D eigenvalue weighted by Crippen LogP contribution is -2.11. The highest BCUT2D eigenvalue weighted by molar-refractivity contribution is 5.49. The maximum atomic E-state index is 9.33. The van der Waals surface area contributed by atoms with Gasteiger partial charge in [-0.25, -0.2) is 0 Å². The maximum Gasteiger partial charge on any atom is 0.120 e. The van der Waals surface area contributed by atoms with E-state index in [9.17, 15) is 5.11 Å². The van der Waals surface area contributed by atoms with Gasteiger partial charge in [0.05, 0.1) is 24.6 Å². The largest absolute Gasteiger partial charge is 0.490 e. The van der Waals surface area contributed by atoms with Crippen LogP contribution in [0.3, 0.4) is 0 Å². The Bertz CT molecular complexity index is 610. The summed E-state index contributed by atoms with van der Waals surface area (Å²) < 4.78 is 6.03. The minimum absolute atomic E-state index is 0.00961. The van der Waals surface area contributed by atoms with Crippen molar-refractivity contribution in [3.05, 3.63) is 53.9 Å². The zero-order valence-corrected chi connectivity index (χ0v) is 12.7. The van der Waals surface area contributed by atoms with E-state index >= 15 is 0 Å². The molecule has 0 saturated heterocycles. The van der Waals surface area contributed by atoms with E-state index in [1.807, 2.05) is 18.2 Å². The van der Waals surface area contributed by atoms with E-state index in [0.29, 0.717) is 12.6 Å². The molecule has 22 heavy (non-hydrogen) atoms. The van der Waals surface area contributed by atoms with Crippen LogP contribution in [0.1, 0.15) is 36.8 Å². The molecule has 2 N–H and O–H groups in total. The highest BCUT2D eigenvalue weighted by atomic mass is 16.5. The van der Waals surface area contributed by atoms with Gasteiger partial charge in [0.25, 0.3) is 0 Å². The molecule has 1 aromatic carbocycles. The molecule has 1 aliphatic carbocycles. The highest BCUT2D eigenvalue weighted by Gasteiger charge is 2.16. The fourth-order valence-corrected chi connectivity index (χ4v) is 2.85. The van der Waals surface area contributed by atoms with Gasteiger partial charge in [-0.05, 0) is 49.4 Å². The Morgan fingerprint density at radius 2 is 2.09 bits per heavy atom. The second-order valence-electron chi connectivity index (χ2n) is 5.72. The normalized spacial score (nSPS) is 15.0. The Balaban J connectivity index is 1.62. The van der Waals surface area contributed by atoms with E-state index < -0.39 is 0 Å². The van der Waals surface area contributed by atoms with Gasteiger partial charge in [0.15, 0.2) is 0 Å². The third-order valence-corrected chi connectivity index (χ3v) is 4.07. The van der Waals surface area contributed by atoms with Crippen molar-refractivity contribution in [2.75, 3.05) is 5.32 Å². The van der Waals surface area contributed by atoms with Crippen LogP contribution in [0.4, 0.5) is 5.69 Å². The average molecular weight is 298 g/mol. The molecule has 1 saturated carbocycles. The first kappa shape index (κ1) is 14.9. The summed E-state index contributed by atoms with van der Waals surface area (Å²) in [6, 6.07) is 10.0. The van der Waals surface area contributed by atoms with E-state index in [1.54, 1.807) is 12.4 Å². The van der Waals surface area contributed by atoms with Crippen LogP contribution in [-0.4, -0.2) is 16.2 Å². The van der Waals surface area contributed by atoms with Crippen LogP contribution in [0, 0.1) is 0 Å². The minimum Gasteiger partial charge on any atom is -0.490 e. The summed E-state index contributed by atoms with van der Waals surface area (Å²) in [5.41, 5.74) is 2.88. The number of anilines is 1. The number of nitrogens with zero attached hydrogens (tertiary/aromatic N) is 1. The zero-order chi connectivity index (χ0) is 15.2. The van der Waals surface area contributed by atoms with Crippen molar-refractivity contribution >= 4 is 5.69 Å². The molecule has 0 radical (unpaired) electrons. The summed E-state index contributed by atoms with van der Waals surface area (Å²) in [4.78, 5) is 4.09. The number of pyridine rings is 1. The van der Waals surface area contributed by atoms with Crippen molar-refractivity contribution in [3.8, 4) is 5.75 Å². The van der Waals surface area contributed by atoms with Crippen LogP contribution in [-0.2, 0) is 13.2 Å². The molecule has 0 bridgehead atoms. The topological polar surface area (TPSA) is 54.4 Å². The summed E-state index contributed by atoms with van der Waals surface area (Å²) in [5, 5.41) is 12.7. The molecule has 4 heteroatoms. The molecule has 1 heterocycles. The van der Waals surface area contributed by atoms with Crippen molar-refractivity contribution < 1.29 is 9.84 Å². The smallest absolute Gasteiger partial charge is 0.120 e. The van der Waals surface area contributed by atoms with Gasteiger partial charge in [0.1, 0.15) is 5.75 Å². The molecule has 1 aromatic heterocycles. The van der Waals surface area contributed by atoms with Crippen molar-refractivity contribution in [2.45, 2.75) is 44.9 Å². The van der Waals surface area contributed by atoms with Crippen LogP contribution in [0.25, 0.3) is 0 Å². The molecule has 0 atom stereocenters. The Morgan fingerprint density at radius 3 is 2.91 bits per heavy atom. The van der Waals surface area contributed by atoms with Crippen molar-refractivity contribution in [1.82, 2.24) is 4.98 Å². The average Bonchev–Trinajstić information content (AvgIpc) is 3.06. The van der Waals surface area contributed by atoms with Crippen LogP contribution in [0.5, 0.6) is 5.75 Å². The number of aliphatic hydroxyl groups excluding tert-OH is 1. The summed E-state index contributed by atoms with van der Waals surface area (Å²) >= 11 is 0. The van der Waals surface area contributed by atoms with Crippen molar-refractivity contribution in [2.24, 2.45) is 0 Å². The predicted molar refractivity (Wildman–Crippen MR) is 86.8 cm³/mol. The van der Waals surface area contributed by atoms with Crippen LogP contribution in [0.2, 0.25) is 0 Å². The van der Waals surface area contributed by atoms with E-state index in [1.165, 1.54) is 12.8 Å². The molecule has 116 valence electrons. The fraction of sp³-hybridized carbons (Fsp3) is 0.389. The first-order chi connectivity index (χ1) is 10.8. The molecule has 1 aliphatic rings. The lowest BCUT2D eigenvalue weighted by molar-refractivity contribution is 0.210. The number of ether oxygens (including phenoxy) is 1. The Kier molecular flexibility index (Phi) is 4.91. The Morgan fingerprint density at radius 1 is 1.23 bits per heavy atom. The first-order valence-corrected chi connectivity index (χ1v) is 7.88. The van der Waals surface area contributed by atoms with Crippen molar-refractivity contribution in [3.63, 3.8) is 0 Å². The van der Waals surface area contributed by atoms with Gasteiger partial charge in [-0.1, -0.05) is 12.1 Å². The number of nitrogens with one attached hydrogen (secondary N) is 1. The summed E-state index contributed by atoms with van der Waals surface area (Å²) in [6.45, 7) is 0.691. The second-order valence-corrected chi connectivity index (χ2v) is 5.72. The molecular weight excluding hydrogens is 276 g/mol. The molecule has 0 aliphatic heterocycles. The van der Waals surface area contributed by atoms with Gasteiger partial charge in [-0.3, -0.25) is 4.98 Å². The standard InChI is InChI=1S/C18H22N2O2/c21-13-15-8-9-19-12-18(15)20-11-14-4-3-7-17(10-14)22-16-5-1-2-6-16/h3-4,7-10,12,16,20-21H,1-2,5-6,11,13H2. The molecule has 0 amide bonds. The molecular formula is C18H22N2O2. The monoisotopic (exact) mass is 298 g/mol. The second kappa shape index (κ2) is 7.27. The first-order valence-electron chi connectivity index (χ1n) is 7.88. The number of aromatic nitrogens is 1. The SMILES string of the molecule is OCc1ccncc1NCc1cccc(OC2CCCC2)c1. The van der Waals surface area contributed by atoms with Gasteiger partial charge in [0, 0.05) is 18.3 Å². The summed E-state index contributed by atoms with van der Waals surface area (Å²) in [5.74, 6) is 0.944. The van der Waals surface area contributed by atoms with Gasteiger partial charge in [0.2, 0.25) is 0 Å². The van der Waals surface area contributed by atoms with Gasteiger partial charge >= 0.3 is 0 Å². The lowest BCUT2D eigenvalue weighted by atomic mass is 10.2. The third kappa shape index (κ3) is 3.77. The Labute approximate surface area is 131 Å². The van der Waals surface area contributed by atoms with Crippen LogP contribution < -0.4 is 10.1 Å². The quantitative estimate of drug-likeness (QED) is 0.857. The number of rotatable bonds is 6. The van der Waals surface area contributed by atoms with Gasteiger partial charge in [-0.15, -0.1) is 0 Å². The van der Waals surface area contributed by atoms with E-state index in [0.717, 1.165) is 35.4 Å². The predicted octanol–water partition coefficient (Wildman–Crippen LogP) is 3.51. The molecule has 2 aromatic rings. The highest BCUT2D eigenvalue weighted by Crippen LogP contribution is 2.25. The third-order valence-electron chi connectivity index (χ3n) is 4.07. The molecule has 1 fully saturated rings. The molecule has 4 nitrogen and oxygen atoms in total. The van der Waals surface area contributed by atoms with Crippen molar-refractivity contribution in [1.29, 1.82) is 0 Å². The maximum absolute atomic E-state index is 9.33. The van der Waals surface area contributed by atoms with E-state index in [-0.39, 0.29) is 6.61 Å². The molecule has 0 unspecified atom stereocenters. The van der Waals surface area contributed by atoms with Gasteiger partial charge in [-0.2, -0.15) is 0 Å². The van der Waals surface area contributed by atoms with E-state index in [2.05, 4.69) is 22.4 Å².